The van der Waals surface area contributed by atoms with Crippen LogP contribution < -0.4 is 4.74 Å². The largest absolute Gasteiger partial charge is 0.499 e. The van der Waals surface area contributed by atoms with Crippen LogP contribution in [-0.4, -0.2) is 28.3 Å². The van der Waals surface area contributed by atoms with Gasteiger partial charge in [0.1, 0.15) is 11.4 Å². The molecule has 0 saturated heterocycles. The molecule has 0 aliphatic heterocycles. The van der Waals surface area contributed by atoms with Gasteiger partial charge in [0.2, 0.25) is 0 Å². The lowest BCUT2D eigenvalue weighted by Crippen LogP contribution is -2.41. The Hall–Kier alpha value is -1.93. The molecule has 0 spiro atoms. The predicted octanol–water partition coefficient (Wildman–Crippen LogP) is 2.31. The molecule has 0 fully saturated rings. The Balaban J connectivity index is 2.86. The fourth-order valence-corrected chi connectivity index (χ4v) is 0.773. The summed E-state index contributed by atoms with van der Waals surface area (Å²) in [5, 5.41) is 8.41. The van der Waals surface area contributed by atoms with E-state index >= 15 is 0 Å². The topological polar surface area (TPSA) is 59.4 Å². The highest BCUT2D eigenvalue weighted by molar-refractivity contribution is 5.85. The van der Waals surface area contributed by atoms with Crippen LogP contribution in [-0.2, 0) is 0 Å². The van der Waals surface area contributed by atoms with Gasteiger partial charge in [0.15, 0.2) is 0 Å². The van der Waals surface area contributed by atoms with E-state index in [1.807, 2.05) is 0 Å². The Morgan fingerprint density at radius 1 is 1.24 bits per heavy atom. The lowest BCUT2D eigenvalue weighted by molar-refractivity contribution is -0.360. The lowest BCUT2D eigenvalue weighted by Gasteiger charge is -2.19. The molecule has 1 aromatic heterocycles. The zero-order valence-corrected chi connectivity index (χ0v) is 7.83. The van der Waals surface area contributed by atoms with Crippen LogP contribution in [0.1, 0.15) is 10.5 Å². The quantitative estimate of drug-likeness (QED) is 0.844. The summed E-state index contributed by atoms with van der Waals surface area (Å²) in [5.74, 6) is -2.34. The lowest BCUT2D eigenvalue weighted by atomic mass is 10.3. The van der Waals surface area contributed by atoms with Gasteiger partial charge in [0.25, 0.3) is 0 Å². The van der Waals surface area contributed by atoms with Crippen molar-refractivity contribution in [2.45, 2.75) is 12.3 Å². The van der Waals surface area contributed by atoms with Gasteiger partial charge in [-0.15, -0.1) is 0 Å². The number of hydrogen-bond acceptors (Lipinski definition) is 3. The molecule has 4 nitrogen and oxygen atoms in total. The van der Waals surface area contributed by atoms with Gasteiger partial charge < -0.3 is 9.84 Å². The first-order valence-corrected chi connectivity index (χ1v) is 3.96. The van der Waals surface area contributed by atoms with Gasteiger partial charge >= 0.3 is 18.3 Å². The van der Waals surface area contributed by atoms with E-state index in [2.05, 4.69) is 9.72 Å². The molecule has 94 valence electrons. The Bertz CT molecular complexity index is 414. The van der Waals surface area contributed by atoms with Crippen molar-refractivity contribution in [3.63, 3.8) is 0 Å². The molecule has 1 N–H and O–H groups in total. The van der Waals surface area contributed by atoms with Gasteiger partial charge in [-0.2, -0.15) is 22.0 Å². The van der Waals surface area contributed by atoms with Gasteiger partial charge in [-0.25, -0.2) is 9.78 Å². The number of ether oxygens (including phenoxy) is 1. The zero-order valence-electron chi connectivity index (χ0n) is 7.83. The molecule has 1 heterocycles. The Morgan fingerprint density at radius 3 is 2.18 bits per heavy atom. The Labute approximate surface area is 90.6 Å². The third-order valence-electron chi connectivity index (χ3n) is 1.53. The molecular weight excluding hydrogens is 253 g/mol. The first kappa shape index (κ1) is 13.1. The number of carboxylic acid groups (broad SMARTS) is 1. The Kier molecular flexibility index (Phi) is 3.21. The summed E-state index contributed by atoms with van der Waals surface area (Å²) in [4.78, 5) is 13.4. The first-order valence-electron chi connectivity index (χ1n) is 3.96. The maximum Gasteiger partial charge on any atom is 0.499 e. The first-order chi connectivity index (χ1) is 7.63. The average Bonchev–Trinajstić information content (AvgIpc) is 2.16. The van der Waals surface area contributed by atoms with E-state index in [-0.39, 0.29) is 0 Å². The van der Waals surface area contributed by atoms with Gasteiger partial charge in [-0.05, 0) is 12.1 Å². The normalized spacial score (nSPS) is 12.3. The molecule has 0 bridgehead atoms. The van der Waals surface area contributed by atoms with E-state index in [0.717, 1.165) is 6.07 Å². The van der Waals surface area contributed by atoms with E-state index in [9.17, 15) is 26.7 Å². The van der Waals surface area contributed by atoms with Crippen LogP contribution in [0, 0.1) is 0 Å². The number of carboxylic acids is 1. The SMILES string of the molecule is O=C(O)c1ccc(OC(F)(F)C(F)(F)F)cn1. The number of halogens is 5. The van der Waals surface area contributed by atoms with Gasteiger partial charge in [0.05, 0.1) is 6.20 Å². The molecule has 0 amide bonds. The number of nitrogens with zero attached hydrogens (tertiary/aromatic N) is 1. The number of aromatic carboxylic acids is 1. The maximum absolute atomic E-state index is 12.4. The molecule has 17 heavy (non-hydrogen) atoms. The molecule has 0 radical (unpaired) electrons. The minimum absolute atomic E-state index is 0.461. The van der Waals surface area contributed by atoms with E-state index in [1.165, 1.54) is 0 Å². The summed E-state index contributed by atoms with van der Waals surface area (Å²) in [6, 6.07) is 1.39. The summed E-state index contributed by atoms with van der Waals surface area (Å²) in [6.07, 6.45) is -10.8. The smallest absolute Gasteiger partial charge is 0.477 e. The predicted molar refractivity (Wildman–Crippen MR) is 42.8 cm³/mol. The van der Waals surface area contributed by atoms with Crippen LogP contribution in [0.15, 0.2) is 18.3 Å². The van der Waals surface area contributed by atoms with Crippen molar-refractivity contribution in [2.24, 2.45) is 0 Å². The summed E-state index contributed by atoms with van der Waals surface area (Å²) >= 11 is 0. The number of pyridine rings is 1. The second-order valence-electron chi connectivity index (χ2n) is 2.80. The monoisotopic (exact) mass is 257 g/mol. The molecular formula is C8H4F5NO3. The number of hydrogen-bond donors (Lipinski definition) is 1. The molecule has 0 saturated carbocycles. The van der Waals surface area contributed by atoms with Gasteiger partial charge in [-0.1, -0.05) is 0 Å². The van der Waals surface area contributed by atoms with Crippen molar-refractivity contribution >= 4 is 5.97 Å². The minimum atomic E-state index is -5.86. The van der Waals surface area contributed by atoms with Crippen LogP contribution in [0.3, 0.4) is 0 Å². The summed E-state index contributed by atoms with van der Waals surface area (Å²) in [6.45, 7) is 0. The second kappa shape index (κ2) is 4.15. The highest BCUT2D eigenvalue weighted by atomic mass is 19.4. The third kappa shape index (κ3) is 3.02. The van der Waals surface area contributed by atoms with Crippen molar-refractivity contribution in [1.29, 1.82) is 0 Å². The molecule has 1 aromatic rings. The van der Waals surface area contributed by atoms with Crippen molar-refractivity contribution in [3.8, 4) is 5.75 Å². The van der Waals surface area contributed by atoms with Crippen LogP contribution >= 0.6 is 0 Å². The second-order valence-corrected chi connectivity index (χ2v) is 2.80. The Morgan fingerprint density at radius 2 is 1.82 bits per heavy atom. The number of carbonyl (C=O) groups is 1. The molecule has 0 aliphatic rings. The highest BCUT2D eigenvalue weighted by Crippen LogP contribution is 2.36. The van der Waals surface area contributed by atoms with Crippen LogP contribution in [0.2, 0.25) is 0 Å². The van der Waals surface area contributed by atoms with Gasteiger partial charge in [-0.3, -0.25) is 0 Å². The van der Waals surface area contributed by atoms with E-state index in [0.29, 0.717) is 12.3 Å². The molecule has 0 atom stereocenters. The number of rotatable bonds is 3. The average molecular weight is 257 g/mol. The highest BCUT2D eigenvalue weighted by Gasteiger charge is 2.61. The maximum atomic E-state index is 12.4. The minimum Gasteiger partial charge on any atom is -0.477 e. The molecule has 1 rings (SSSR count). The molecule has 0 aliphatic carbocycles. The molecule has 9 heteroatoms. The fourth-order valence-electron chi connectivity index (χ4n) is 0.773. The fraction of sp³-hybridized carbons (Fsp3) is 0.250. The molecule has 0 unspecified atom stereocenters. The van der Waals surface area contributed by atoms with Gasteiger partial charge in [0, 0.05) is 0 Å². The van der Waals surface area contributed by atoms with Crippen molar-refractivity contribution in [1.82, 2.24) is 4.98 Å². The van der Waals surface area contributed by atoms with Crippen molar-refractivity contribution in [2.75, 3.05) is 0 Å². The summed E-state index contributed by atoms with van der Waals surface area (Å²) < 4.78 is 63.4. The van der Waals surface area contributed by atoms with Crippen LogP contribution in [0.5, 0.6) is 5.75 Å². The van der Waals surface area contributed by atoms with Crippen molar-refractivity contribution in [3.05, 3.63) is 24.0 Å². The van der Waals surface area contributed by atoms with E-state index in [1.54, 1.807) is 0 Å². The number of aromatic nitrogens is 1. The van der Waals surface area contributed by atoms with E-state index < -0.39 is 29.7 Å². The van der Waals surface area contributed by atoms with Crippen LogP contribution in [0.25, 0.3) is 0 Å². The number of alkyl halides is 5. The summed E-state index contributed by atoms with van der Waals surface area (Å²) in [5.41, 5.74) is -0.507. The van der Waals surface area contributed by atoms with Crippen LogP contribution in [0.4, 0.5) is 22.0 Å². The molecule has 0 aromatic carbocycles. The zero-order chi connectivity index (χ0) is 13.3. The third-order valence-corrected chi connectivity index (χ3v) is 1.53. The standard InChI is InChI=1S/C8H4F5NO3/c9-7(10,11)8(12,13)17-4-1-2-5(6(15)16)14-3-4/h1-3H,(H,15,16). The van der Waals surface area contributed by atoms with Crippen molar-refractivity contribution < 1.29 is 36.6 Å². The van der Waals surface area contributed by atoms with E-state index in [4.69, 9.17) is 5.11 Å². The summed E-state index contributed by atoms with van der Waals surface area (Å²) in [7, 11) is 0.